The number of hydrogen-bond acceptors (Lipinski definition) is 6. The van der Waals surface area contributed by atoms with E-state index in [0.29, 0.717) is 17.7 Å². The van der Waals surface area contributed by atoms with Crippen LogP contribution in [0, 0.1) is 39.9 Å². The molecule has 0 heterocycles. The van der Waals surface area contributed by atoms with E-state index in [9.17, 15) is 10.1 Å². The molecule has 6 heteroatoms. The Morgan fingerprint density at radius 1 is 1.24 bits per heavy atom. The van der Waals surface area contributed by atoms with E-state index in [2.05, 4.69) is 4.74 Å². The number of nitrogens with zero attached hydrogens (tertiary/aromatic N) is 3. The fourth-order valence-electron chi connectivity index (χ4n) is 2.36. The monoisotopic (exact) mass is 301 g/mol. The fourth-order valence-corrected chi connectivity index (χ4v) is 3.17. The van der Waals surface area contributed by atoms with Gasteiger partial charge in [-0.05, 0) is 43.1 Å². The SMILES string of the molecule is COC(=O)/C(C#N)=C(/SC)C1=C(C(C#N)C#N)CCCC1. The van der Waals surface area contributed by atoms with Crippen LogP contribution in [0.1, 0.15) is 25.7 Å². The van der Waals surface area contributed by atoms with Crippen LogP contribution >= 0.6 is 11.8 Å². The zero-order chi connectivity index (χ0) is 15.8. The van der Waals surface area contributed by atoms with Crippen molar-refractivity contribution in [2.45, 2.75) is 25.7 Å². The zero-order valence-electron chi connectivity index (χ0n) is 12.0. The lowest BCUT2D eigenvalue weighted by Crippen LogP contribution is -2.12. The van der Waals surface area contributed by atoms with E-state index in [0.717, 1.165) is 24.0 Å². The van der Waals surface area contributed by atoms with Crippen molar-refractivity contribution in [2.24, 2.45) is 5.92 Å². The van der Waals surface area contributed by atoms with Crippen LogP contribution in [0.25, 0.3) is 0 Å². The van der Waals surface area contributed by atoms with Crippen molar-refractivity contribution in [3.8, 4) is 18.2 Å². The quantitative estimate of drug-likeness (QED) is 0.450. The summed E-state index contributed by atoms with van der Waals surface area (Å²) in [6, 6.07) is 5.84. The minimum Gasteiger partial charge on any atom is -0.465 e. The molecule has 0 spiro atoms. The van der Waals surface area contributed by atoms with Crippen LogP contribution in [0.2, 0.25) is 0 Å². The highest BCUT2D eigenvalue weighted by molar-refractivity contribution is 8.02. The van der Waals surface area contributed by atoms with Gasteiger partial charge in [-0.2, -0.15) is 15.8 Å². The normalized spacial score (nSPS) is 15.6. The largest absolute Gasteiger partial charge is 0.465 e. The van der Waals surface area contributed by atoms with Gasteiger partial charge in [0.1, 0.15) is 6.07 Å². The van der Waals surface area contributed by atoms with Crippen molar-refractivity contribution < 1.29 is 9.53 Å². The van der Waals surface area contributed by atoms with Gasteiger partial charge in [0, 0.05) is 4.91 Å². The number of rotatable bonds is 4. The van der Waals surface area contributed by atoms with Gasteiger partial charge in [0.05, 0.1) is 19.2 Å². The van der Waals surface area contributed by atoms with Crippen molar-refractivity contribution in [2.75, 3.05) is 13.4 Å². The maximum absolute atomic E-state index is 11.7. The highest BCUT2D eigenvalue weighted by atomic mass is 32.2. The van der Waals surface area contributed by atoms with Gasteiger partial charge >= 0.3 is 5.97 Å². The molecule has 21 heavy (non-hydrogen) atoms. The van der Waals surface area contributed by atoms with Crippen LogP contribution in [0.4, 0.5) is 0 Å². The third-order valence-electron chi connectivity index (χ3n) is 3.32. The third kappa shape index (κ3) is 3.66. The number of allylic oxidation sites excluding steroid dienone is 2. The molecule has 0 aromatic heterocycles. The Kier molecular flexibility index (Phi) is 6.53. The minimum atomic E-state index is -0.833. The summed E-state index contributed by atoms with van der Waals surface area (Å²) in [5, 5.41) is 27.5. The molecule has 0 saturated carbocycles. The molecule has 0 saturated heterocycles. The summed E-state index contributed by atoms with van der Waals surface area (Å²) in [4.78, 5) is 12.3. The van der Waals surface area contributed by atoms with E-state index in [-0.39, 0.29) is 5.57 Å². The summed E-state index contributed by atoms with van der Waals surface area (Å²) in [6.07, 6.45) is 4.88. The van der Waals surface area contributed by atoms with E-state index in [4.69, 9.17) is 10.5 Å². The number of thioether (sulfide) groups is 1. The third-order valence-corrected chi connectivity index (χ3v) is 4.18. The van der Waals surface area contributed by atoms with Crippen molar-refractivity contribution in [1.82, 2.24) is 0 Å². The first-order valence-corrected chi connectivity index (χ1v) is 7.65. The van der Waals surface area contributed by atoms with Crippen LogP contribution in [0.3, 0.4) is 0 Å². The molecule has 0 atom stereocenters. The second-order valence-corrected chi connectivity index (χ2v) is 5.23. The smallest absolute Gasteiger partial charge is 0.349 e. The average molecular weight is 301 g/mol. The number of methoxy groups -OCH3 is 1. The van der Waals surface area contributed by atoms with Crippen molar-refractivity contribution in [1.29, 1.82) is 15.8 Å². The summed E-state index contributed by atoms with van der Waals surface area (Å²) in [7, 11) is 1.22. The maximum Gasteiger partial charge on any atom is 0.349 e. The second kappa shape index (κ2) is 8.15. The molecule has 108 valence electrons. The Hall–Kier alpha value is -2.23. The van der Waals surface area contributed by atoms with Crippen molar-refractivity contribution >= 4 is 17.7 Å². The lowest BCUT2D eigenvalue weighted by Gasteiger charge is -2.22. The van der Waals surface area contributed by atoms with Gasteiger partial charge in [0.2, 0.25) is 0 Å². The number of hydrogen-bond donors (Lipinski definition) is 0. The fraction of sp³-hybridized carbons (Fsp3) is 0.467. The summed E-state index contributed by atoms with van der Waals surface area (Å²) < 4.78 is 4.64. The van der Waals surface area contributed by atoms with Crippen LogP contribution in [0.15, 0.2) is 21.6 Å². The molecule has 1 aliphatic carbocycles. The maximum atomic E-state index is 11.7. The van der Waals surface area contributed by atoms with Gasteiger partial charge in [-0.3, -0.25) is 0 Å². The van der Waals surface area contributed by atoms with Gasteiger partial charge in [0.25, 0.3) is 0 Å². The molecule has 0 aromatic rings. The molecule has 0 bridgehead atoms. The number of carbonyl (C=O) groups excluding carboxylic acids is 1. The lowest BCUT2D eigenvalue weighted by atomic mass is 9.84. The molecule has 5 nitrogen and oxygen atoms in total. The molecular weight excluding hydrogens is 286 g/mol. The number of ether oxygens (including phenoxy) is 1. The molecule has 0 aromatic carbocycles. The standard InChI is InChI=1S/C15H15N3O2S/c1-20-15(19)13(9-18)14(21-2)12-6-4-3-5-11(12)10(7-16)8-17/h10H,3-6H2,1-2H3/b14-13+. The molecule has 1 aliphatic rings. The minimum absolute atomic E-state index is 0.0611. The van der Waals surface area contributed by atoms with E-state index >= 15 is 0 Å². The molecule has 0 amide bonds. The van der Waals surface area contributed by atoms with E-state index in [1.54, 1.807) is 6.26 Å². The molecule has 0 N–H and O–H groups in total. The van der Waals surface area contributed by atoms with Crippen LogP contribution in [0.5, 0.6) is 0 Å². The molecule has 0 radical (unpaired) electrons. The van der Waals surface area contributed by atoms with Crippen LogP contribution < -0.4 is 0 Å². The summed E-state index contributed by atoms with van der Waals surface area (Å²) in [6.45, 7) is 0. The molecule has 1 rings (SSSR count). The highest BCUT2D eigenvalue weighted by Crippen LogP contribution is 2.39. The Balaban J connectivity index is 3.52. The van der Waals surface area contributed by atoms with Gasteiger partial charge < -0.3 is 4.74 Å². The van der Waals surface area contributed by atoms with Crippen LogP contribution in [-0.4, -0.2) is 19.3 Å². The molecular formula is C15H15N3O2S. The Labute approximate surface area is 128 Å². The summed E-state index contributed by atoms with van der Waals surface area (Å²) >= 11 is 1.27. The number of esters is 1. The van der Waals surface area contributed by atoms with Gasteiger partial charge in [-0.1, -0.05) is 0 Å². The summed E-state index contributed by atoms with van der Waals surface area (Å²) in [5.74, 6) is -1.52. The first-order chi connectivity index (χ1) is 10.1. The molecule has 0 aliphatic heterocycles. The molecule has 0 unspecified atom stereocenters. The number of carbonyl (C=O) groups is 1. The predicted molar refractivity (Wildman–Crippen MR) is 78.4 cm³/mol. The van der Waals surface area contributed by atoms with E-state index in [1.165, 1.54) is 18.9 Å². The summed E-state index contributed by atoms with van der Waals surface area (Å²) in [5.41, 5.74) is 1.45. The van der Waals surface area contributed by atoms with Crippen molar-refractivity contribution in [3.05, 3.63) is 21.6 Å². The topological polar surface area (TPSA) is 97.7 Å². The van der Waals surface area contributed by atoms with E-state index < -0.39 is 11.9 Å². The van der Waals surface area contributed by atoms with Gasteiger partial charge in [0.15, 0.2) is 11.5 Å². The predicted octanol–water partition coefficient (Wildman–Crippen LogP) is 2.83. The lowest BCUT2D eigenvalue weighted by molar-refractivity contribution is -0.135. The Bertz CT molecular complexity index is 600. The van der Waals surface area contributed by atoms with Crippen molar-refractivity contribution in [3.63, 3.8) is 0 Å². The second-order valence-electron chi connectivity index (χ2n) is 4.41. The van der Waals surface area contributed by atoms with Gasteiger partial charge in [-0.25, -0.2) is 4.79 Å². The van der Waals surface area contributed by atoms with Crippen LogP contribution in [-0.2, 0) is 9.53 Å². The van der Waals surface area contributed by atoms with Gasteiger partial charge in [-0.15, -0.1) is 11.8 Å². The number of nitriles is 3. The van der Waals surface area contributed by atoms with E-state index in [1.807, 2.05) is 18.2 Å². The highest BCUT2D eigenvalue weighted by Gasteiger charge is 2.26. The molecule has 0 fully saturated rings. The first-order valence-electron chi connectivity index (χ1n) is 6.42. The Morgan fingerprint density at radius 3 is 2.33 bits per heavy atom. The Morgan fingerprint density at radius 2 is 1.86 bits per heavy atom. The average Bonchev–Trinajstić information content (AvgIpc) is 2.53. The first kappa shape index (κ1) is 16.8. The zero-order valence-corrected chi connectivity index (χ0v) is 12.8.